The molecule has 2 rings (SSSR count). The molecule has 0 aliphatic rings. The number of esters is 1. The van der Waals surface area contributed by atoms with E-state index < -0.39 is 5.97 Å². The van der Waals surface area contributed by atoms with Gasteiger partial charge in [-0.05, 0) is 18.5 Å². The number of hydrogen-bond donors (Lipinski definition) is 1. The summed E-state index contributed by atoms with van der Waals surface area (Å²) < 4.78 is 5.11. The van der Waals surface area contributed by atoms with Crippen molar-refractivity contribution in [1.82, 2.24) is 15.0 Å². The molecular formula is C13H16ClN3O2. The Kier molecular flexibility index (Phi) is 3.49. The second-order valence-corrected chi connectivity index (χ2v) is 5.58. The Labute approximate surface area is 116 Å². The zero-order chi connectivity index (χ0) is 14.2. The van der Waals surface area contributed by atoms with E-state index in [1.165, 1.54) is 0 Å². The molecule has 0 amide bonds. The Morgan fingerprint density at radius 2 is 2.16 bits per heavy atom. The average Bonchev–Trinajstić information content (AvgIpc) is 2.67. The molecule has 0 fully saturated rings. The van der Waals surface area contributed by atoms with Gasteiger partial charge in [0.2, 0.25) is 5.28 Å². The molecule has 5 nitrogen and oxygen atoms in total. The molecule has 0 saturated heterocycles. The molecule has 0 atom stereocenters. The summed E-state index contributed by atoms with van der Waals surface area (Å²) in [6.45, 7) is 8.11. The molecular weight excluding hydrogens is 266 g/mol. The van der Waals surface area contributed by atoms with Gasteiger partial charge >= 0.3 is 5.97 Å². The number of aromatic amines is 1. The van der Waals surface area contributed by atoms with E-state index in [1.54, 1.807) is 13.1 Å². The lowest BCUT2D eigenvalue weighted by Gasteiger charge is -2.18. The van der Waals surface area contributed by atoms with Gasteiger partial charge in [-0.3, -0.25) is 0 Å². The number of nitrogens with zero attached hydrogens (tertiary/aromatic N) is 2. The van der Waals surface area contributed by atoms with Gasteiger partial charge in [0.25, 0.3) is 0 Å². The lowest BCUT2D eigenvalue weighted by atomic mass is 9.89. The Morgan fingerprint density at radius 3 is 2.74 bits per heavy atom. The normalized spacial score (nSPS) is 11.8. The number of halogens is 1. The molecule has 19 heavy (non-hydrogen) atoms. The molecule has 0 aliphatic carbocycles. The van der Waals surface area contributed by atoms with Gasteiger partial charge in [0, 0.05) is 11.1 Å². The maximum absolute atomic E-state index is 12.2. The molecule has 102 valence electrons. The fourth-order valence-corrected chi connectivity index (χ4v) is 2.06. The molecule has 0 spiro atoms. The number of hydrogen-bond acceptors (Lipinski definition) is 4. The smallest absolute Gasteiger partial charge is 0.342 e. The van der Waals surface area contributed by atoms with Crippen LogP contribution in [0.1, 0.15) is 43.7 Å². The van der Waals surface area contributed by atoms with E-state index in [9.17, 15) is 4.79 Å². The number of H-pyrrole nitrogens is 1. The minimum atomic E-state index is -0.395. The quantitative estimate of drug-likeness (QED) is 0.678. The van der Waals surface area contributed by atoms with E-state index in [-0.39, 0.29) is 10.7 Å². The van der Waals surface area contributed by atoms with Crippen LogP contribution in [0.3, 0.4) is 0 Å². The van der Waals surface area contributed by atoms with Crippen molar-refractivity contribution >= 4 is 28.6 Å². The molecule has 2 aromatic heterocycles. The molecule has 0 unspecified atom stereocenters. The predicted octanol–water partition coefficient (Wildman–Crippen LogP) is 3.09. The minimum absolute atomic E-state index is 0.109. The predicted molar refractivity (Wildman–Crippen MR) is 73.6 cm³/mol. The second-order valence-electron chi connectivity index (χ2n) is 5.25. The summed E-state index contributed by atoms with van der Waals surface area (Å²) in [5, 5.41) is 0.109. The highest BCUT2D eigenvalue weighted by molar-refractivity contribution is 6.28. The van der Waals surface area contributed by atoms with Gasteiger partial charge in [-0.15, -0.1) is 0 Å². The number of nitrogens with one attached hydrogen (secondary N) is 1. The van der Waals surface area contributed by atoms with E-state index in [0.29, 0.717) is 23.2 Å². The molecule has 1 N–H and O–H groups in total. The number of rotatable bonds is 2. The van der Waals surface area contributed by atoms with Crippen LogP contribution in [-0.2, 0) is 10.2 Å². The van der Waals surface area contributed by atoms with Gasteiger partial charge < -0.3 is 9.72 Å². The van der Waals surface area contributed by atoms with Gasteiger partial charge in [0.1, 0.15) is 11.1 Å². The van der Waals surface area contributed by atoms with Crippen LogP contribution < -0.4 is 0 Å². The SMILES string of the molecule is CCOC(=O)c1c(C(C)(C)C)[nH]c2cnc(Cl)nc12. The van der Waals surface area contributed by atoms with E-state index in [1.807, 2.05) is 20.8 Å². The van der Waals surface area contributed by atoms with Gasteiger partial charge in [-0.2, -0.15) is 0 Å². The first-order valence-electron chi connectivity index (χ1n) is 6.06. The standard InChI is InChI=1S/C13H16ClN3O2/c1-5-19-11(18)8-9-7(6-15-12(14)17-9)16-10(8)13(2,3)4/h6,16H,5H2,1-4H3. The van der Waals surface area contributed by atoms with E-state index in [2.05, 4.69) is 15.0 Å². The molecule has 0 aromatic carbocycles. The van der Waals surface area contributed by atoms with Crippen LogP contribution in [0.15, 0.2) is 6.20 Å². The second kappa shape index (κ2) is 4.81. The maximum Gasteiger partial charge on any atom is 0.342 e. The molecule has 2 aromatic rings. The third-order valence-electron chi connectivity index (χ3n) is 2.74. The lowest BCUT2D eigenvalue weighted by molar-refractivity contribution is 0.0525. The number of aromatic nitrogens is 3. The van der Waals surface area contributed by atoms with Crippen molar-refractivity contribution in [3.8, 4) is 0 Å². The van der Waals surface area contributed by atoms with Crippen LogP contribution >= 0.6 is 11.6 Å². The summed E-state index contributed by atoms with van der Waals surface area (Å²) in [4.78, 5) is 23.4. The minimum Gasteiger partial charge on any atom is -0.462 e. The highest BCUT2D eigenvalue weighted by Gasteiger charge is 2.28. The van der Waals surface area contributed by atoms with E-state index in [4.69, 9.17) is 16.3 Å². The summed E-state index contributed by atoms with van der Waals surface area (Å²) in [5.41, 5.74) is 2.15. The molecule has 0 saturated carbocycles. The first-order valence-corrected chi connectivity index (χ1v) is 6.44. The maximum atomic E-state index is 12.2. The zero-order valence-electron chi connectivity index (χ0n) is 11.4. The fourth-order valence-electron chi connectivity index (χ4n) is 1.92. The van der Waals surface area contributed by atoms with E-state index >= 15 is 0 Å². The highest BCUT2D eigenvalue weighted by atomic mass is 35.5. The third-order valence-corrected chi connectivity index (χ3v) is 2.92. The third kappa shape index (κ3) is 2.56. The largest absolute Gasteiger partial charge is 0.462 e. The van der Waals surface area contributed by atoms with Gasteiger partial charge in [-0.1, -0.05) is 20.8 Å². The Morgan fingerprint density at radius 1 is 1.47 bits per heavy atom. The number of carbonyl (C=O) groups is 1. The molecule has 2 heterocycles. The zero-order valence-corrected chi connectivity index (χ0v) is 12.1. The number of carbonyl (C=O) groups excluding carboxylic acids is 1. The van der Waals surface area contributed by atoms with Crippen molar-refractivity contribution < 1.29 is 9.53 Å². The van der Waals surface area contributed by atoms with Crippen LogP contribution in [0.2, 0.25) is 5.28 Å². The highest BCUT2D eigenvalue weighted by Crippen LogP contribution is 2.31. The van der Waals surface area contributed by atoms with Crippen molar-refractivity contribution in [3.05, 3.63) is 22.7 Å². The van der Waals surface area contributed by atoms with Crippen molar-refractivity contribution in [1.29, 1.82) is 0 Å². The van der Waals surface area contributed by atoms with Crippen LogP contribution in [0.5, 0.6) is 0 Å². The average molecular weight is 282 g/mol. The van der Waals surface area contributed by atoms with Crippen molar-refractivity contribution in [3.63, 3.8) is 0 Å². The van der Waals surface area contributed by atoms with Gasteiger partial charge in [0.05, 0.1) is 18.3 Å². The van der Waals surface area contributed by atoms with Crippen LogP contribution in [-0.4, -0.2) is 27.5 Å². The fraction of sp³-hybridized carbons (Fsp3) is 0.462. The molecule has 0 aliphatic heterocycles. The van der Waals surface area contributed by atoms with Crippen LogP contribution in [0, 0.1) is 0 Å². The summed E-state index contributed by atoms with van der Waals surface area (Å²) >= 11 is 5.81. The van der Waals surface area contributed by atoms with Crippen molar-refractivity contribution in [2.75, 3.05) is 6.61 Å². The summed E-state index contributed by atoms with van der Waals surface area (Å²) in [7, 11) is 0. The number of ether oxygens (including phenoxy) is 1. The topological polar surface area (TPSA) is 67.9 Å². The van der Waals surface area contributed by atoms with Gasteiger partial charge in [-0.25, -0.2) is 14.8 Å². The van der Waals surface area contributed by atoms with Crippen molar-refractivity contribution in [2.45, 2.75) is 33.1 Å². The summed E-state index contributed by atoms with van der Waals surface area (Å²) in [5.74, 6) is -0.395. The Hall–Kier alpha value is -1.62. The Bertz CT molecular complexity index is 629. The monoisotopic (exact) mass is 281 g/mol. The number of fused-ring (bicyclic) bond motifs is 1. The van der Waals surface area contributed by atoms with Gasteiger partial charge in [0.15, 0.2) is 0 Å². The first-order chi connectivity index (χ1) is 8.84. The first kappa shape index (κ1) is 13.8. The molecule has 0 bridgehead atoms. The molecule has 6 heteroatoms. The Balaban J connectivity index is 2.74. The summed E-state index contributed by atoms with van der Waals surface area (Å²) in [6.07, 6.45) is 1.57. The van der Waals surface area contributed by atoms with Crippen molar-refractivity contribution in [2.24, 2.45) is 0 Å². The summed E-state index contributed by atoms with van der Waals surface area (Å²) in [6, 6.07) is 0. The van der Waals surface area contributed by atoms with E-state index in [0.717, 1.165) is 5.69 Å². The van der Waals surface area contributed by atoms with Crippen LogP contribution in [0.25, 0.3) is 11.0 Å². The molecule has 0 radical (unpaired) electrons. The van der Waals surface area contributed by atoms with Crippen LogP contribution in [0.4, 0.5) is 0 Å². The lowest BCUT2D eigenvalue weighted by Crippen LogP contribution is -2.18.